The first-order chi connectivity index (χ1) is 14.1. The van der Waals surface area contributed by atoms with Gasteiger partial charge in [-0.1, -0.05) is 12.1 Å². The SMILES string of the molecule is CCOc1ccc(CN(C)C(=NC)NCCCn2nc3n(c2=O)CCCC3)cc1. The van der Waals surface area contributed by atoms with Crippen LogP contribution >= 0.6 is 0 Å². The number of nitrogens with zero attached hydrogens (tertiary/aromatic N) is 5. The van der Waals surface area contributed by atoms with Crippen molar-refractivity contribution in [1.82, 2.24) is 24.6 Å². The molecule has 1 N–H and O–H groups in total. The molecule has 1 aliphatic heterocycles. The van der Waals surface area contributed by atoms with E-state index in [4.69, 9.17) is 4.74 Å². The fraction of sp³-hybridized carbons (Fsp3) is 0.571. The van der Waals surface area contributed by atoms with Gasteiger partial charge in [-0.2, -0.15) is 5.10 Å². The van der Waals surface area contributed by atoms with Gasteiger partial charge in [-0.15, -0.1) is 0 Å². The molecule has 0 aliphatic carbocycles. The molecule has 0 fully saturated rings. The zero-order chi connectivity index (χ0) is 20.6. The molecule has 2 aromatic rings. The first-order valence-electron chi connectivity index (χ1n) is 10.4. The summed E-state index contributed by atoms with van der Waals surface area (Å²) in [7, 11) is 3.80. The molecular formula is C21H32N6O2. The Balaban J connectivity index is 1.46. The van der Waals surface area contributed by atoms with Gasteiger partial charge in [0.1, 0.15) is 11.6 Å². The van der Waals surface area contributed by atoms with Crippen molar-refractivity contribution in [2.45, 2.75) is 52.2 Å². The van der Waals surface area contributed by atoms with Crippen LogP contribution in [0.15, 0.2) is 34.1 Å². The Morgan fingerprint density at radius 3 is 2.79 bits per heavy atom. The monoisotopic (exact) mass is 400 g/mol. The summed E-state index contributed by atoms with van der Waals surface area (Å²) in [4.78, 5) is 18.8. The standard InChI is InChI=1S/C21H32N6O2/c1-4-29-18-11-9-17(10-12-18)16-25(3)20(22-2)23-13-7-15-27-21(28)26-14-6-5-8-19(26)24-27/h9-12H,4-8,13-16H2,1-3H3,(H,22,23). The first-order valence-corrected chi connectivity index (χ1v) is 10.4. The van der Waals surface area contributed by atoms with E-state index in [1.54, 1.807) is 11.7 Å². The van der Waals surface area contributed by atoms with Crippen LogP contribution in [-0.4, -0.2) is 52.5 Å². The van der Waals surface area contributed by atoms with E-state index < -0.39 is 0 Å². The van der Waals surface area contributed by atoms with E-state index in [0.717, 1.165) is 62.9 Å². The molecule has 0 bridgehead atoms. The van der Waals surface area contributed by atoms with Crippen molar-refractivity contribution < 1.29 is 4.74 Å². The molecule has 0 radical (unpaired) electrons. The van der Waals surface area contributed by atoms with Gasteiger partial charge >= 0.3 is 5.69 Å². The molecule has 0 saturated carbocycles. The molecule has 8 nitrogen and oxygen atoms in total. The Kier molecular flexibility index (Phi) is 7.32. The lowest BCUT2D eigenvalue weighted by atomic mass is 10.2. The average molecular weight is 401 g/mol. The zero-order valence-electron chi connectivity index (χ0n) is 17.7. The van der Waals surface area contributed by atoms with Gasteiger partial charge in [-0.25, -0.2) is 9.48 Å². The summed E-state index contributed by atoms with van der Waals surface area (Å²) < 4.78 is 8.92. The number of aliphatic imine (C=N–C) groups is 1. The van der Waals surface area contributed by atoms with Gasteiger partial charge in [0.15, 0.2) is 5.96 Å². The maximum absolute atomic E-state index is 12.4. The maximum atomic E-state index is 12.4. The Bertz CT molecular complexity index is 868. The summed E-state index contributed by atoms with van der Waals surface area (Å²) in [5.74, 6) is 2.65. The number of fused-ring (bicyclic) bond motifs is 1. The number of benzene rings is 1. The Morgan fingerprint density at radius 2 is 2.10 bits per heavy atom. The van der Waals surface area contributed by atoms with Crippen LogP contribution in [-0.2, 0) is 26.1 Å². The average Bonchev–Trinajstić information content (AvgIpc) is 3.05. The van der Waals surface area contributed by atoms with Gasteiger partial charge in [0.05, 0.1) is 6.61 Å². The Labute approximate surface area is 172 Å². The van der Waals surface area contributed by atoms with Gasteiger partial charge in [-0.3, -0.25) is 9.56 Å². The molecule has 2 heterocycles. The molecular weight excluding hydrogens is 368 g/mol. The van der Waals surface area contributed by atoms with Crippen molar-refractivity contribution in [2.24, 2.45) is 4.99 Å². The fourth-order valence-electron chi connectivity index (χ4n) is 3.61. The minimum atomic E-state index is 0.0247. The van der Waals surface area contributed by atoms with Crippen LogP contribution in [0.1, 0.15) is 37.6 Å². The van der Waals surface area contributed by atoms with E-state index in [1.807, 2.05) is 30.7 Å². The van der Waals surface area contributed by atoms with Crippen LogP contribution in [0.5, 0.6) is 5.75 Å². The van der Waals surface area contributed by atoms with Crippen LogP contribution in [0.3, 0.4) is 0 Å². The lowest BCUT2D eigenvalue weighted by Gasteiger charge is -2.22. The van der Waals surface area contributed by atoms with E-state index in [-0.39, 0.29) is 5.69 Å². The molecule has 158 valence electrons. The second-order valence-electron chi connectivity index (χ2n) is 7.29. The van der Waals surface area contributed by atoms with Crippen LogP contribution < -0.4 is 15.7 Å². The van der Waals surface area contributed by atoms with Crippen molar-refractivity contribution in [3.63, 3.8) is 0 Å². The molecule has 1 aliphatic rings. The summed E-state index contributed by atoms with van der Waals surface area (Å²) in [5, 5.41) is 7.86. The van der Waals surface area contributed by atoms with Crippen LogP contribution in [0.2, 0.25) is 0 Å². The van der Waals surface area contributed by atoms with Crippen LogP contribution in [0.4, 0.5) is 0 Å². The third-order valence-electron chi connectivity index (χ3n) is 5.09. The third kappa shape index (κ3) is 5.40. The summed E-state index contributed by atoms with van der Waals surface area (Å²) in [6, 6.07) is 8.12. The predicted octanol–water partition coefficient (Wildman–Crippen LogP) is 1.88. The molecule has 0 atom stereocenters. The van der Waals surface area contributed by atoms with Crippen molar-refractivity contribution in [3.8, 4) is 5.75 Å². The fourth-order valence-corrected chi connectivity index (χ4v) is 3.61. The highest BCUT2D eigenvalue weighted by Gasteiger charge is 2.16. The van der Waals surface area contributed by atoms with E-state index in [9.17, 15) is 4.79 Å². The first kappa shape index (κ1) is 21.0. The minimum absolute atomic E-state index is 0.0247. The van der Waals surface area contributed by atoms with Crippen molar-refractivity contribution in [2.75, 3.05) is 27.2 Å². The number of aryl methyl sites for hydroxylation is 2. The number of hydrogen-bond acceptors (Lipinski definition) is 4. The van der Waals surface area contributed by atoms with Crippen LogP contribution in [0, 0.1) is 0 Å². The Morgan fingerprint density at radius 1 is 1.31 bits per heavy atom. The number of guanidine groups is 1. The van der Waals surface area contributed by atoms with E-state index >= 15 is 0 Å². The molecule has 0 saturated heterocycles. The highest BCUT2D eigenvalue weighted by atomic mass is 16.5. The molecule has 1 aromatic carbocycles. The number of hydrogen-bond donors (Lipinski definition) is 1. The molecule has 0 spiro atoms. The van der Waals surface area contributed by atoms with Gasteiger partial charge in [0, 0.05) is 46.7 Å². The lowest BCUT2D eigenvalue weighted by Crippen LogP contribution is -2.39. The normalized spacial score (nSPS) is 13.8. The molecule has 0 amide bonds. The molecule has 1 aromatic heterocycles. The predicted molar refractivity (Wildman–Crippen MR) is 114 cm³/mol. The zero-order valence-corrected chi connectivity index (χ0v) is 17.7. The topological polar surface area (TPSA) is 76.7 Å². The largest absolute Gasteiger partial charge is 0.494 e. The summed E-state index contributed by atoms with van der Waals surface area (Å²) in [5.41, 5.74) is 1.21. The van der Waals surface area contributed by atoms with Crippen molar-refractivity contribution >= 4 is 5.96 Å². The highest BCUT2D eigenvalue weighted by Crippen LogP contribution is 2.13. The second-order valence-corrected chi connectivity index (χ2v) is 7.29. The van der Waals surface area contributed by atoms with Gasteiger partial charge in [0.2, 0.25) is 0 Å². The van der Waals surface area contributed by atoms with E-state index in [0.29, 0.717) is 13.2 Å². The summed E-state index contributed by atoms with van der Waals surface area (Å²) in [6.45, 7) is 5.55. The highest BCUT2D eigenvalue weighted by molar-refractivity contribution is 5.79. The van der Waals surface area contributed by atoms with Gasteiger partial charge < -0.3 is 15.0 Å². The maximum Gasteiger partial charge on any atom is 0.345 e. The molecule has 3 rings (SSSR count). The van der Waals surface area contributed by atoms with E-state index in [2.05, 4.69) is 32.4 Å². The van der Waals surface area contributed by atoms with Crippen LogP contribution in [0.25, 0.3) is 0 Å². The number of rotatable bonds is 8. The smallest absolute Gasteiger partial charge is 0.345 e. The van der Waals surface area contributed by atoms with E-state index in [1.165, 1.54) is 5.56 Å². The minimum Gasteiger partial charge on any atom is -0.494 e. The summed E-state index contributed by atoms with van der Waals surface area (Å²) >= 11 is 0. The van der Waals surface area contributed by atoms with Gasteiger partial charge in [-0.05, 0) is 43.9 Å². The quantitative estimate of drug-likeness (QED) is 0.416. The molecule has 29 heavy (non-hydrogen) atoms. The third-order valence-corrected chi connectivity index (χ3v) is 5.09. The molecule has 8 heteroatoms. The second kappa shape index (κ2) is 10.1. The summed E-state index contributed by atoms with van der Waals surface area (Å²) in [6.07, 6.45) is 3.90. The lowest BCUT2D eigenvalue weighted by molar-refractivity contribution is 0.340. The number of nitrogens with one attached hydrogen (secondary N) is 1. The molecule has 0 unspecified atom stereocenters. The number of ether oxygens (including phenoxy) is 1. The number of aromatic nitrogens is 3. The van der Waals surface area contributed by atoms with Crippen molar-refractivity contribution in [3.05, 3.63) is 46.1 Å². The Hall–Kier alpha value is -2.77. The van der Waals surface area contributed by atoms with Crippen molar-refractivity contribution in [1.29, 1.82) is 0 Å². The van der Waals surface area contributed by atoms with Gasteiger partial charge in [0.25, 0.3) is 0 Å².